The van der Waals surface area contributed by atoms with Crippen molar-refractivity contribution in [2.24, 2.45) is 0 Å². The third kappa shape index (κ3) is 5.35. The zero-order valence-electron chi connectivity index (χ0n) is 21.9. The second kappa shape index (κ2) is 11.1. The molecule has 1 unspecified atom stereocenters. The Morgan fingerprint density at radius 3 is 2.85 bits per heavy atom. The average Bonchev–Trinajstić information content (AvgIpc) is 3.68. The Kier molecular flexibility index (Phi) is 7.46. The number of alkyl halides is 1. The zero-order chi connectivity index (χ0) is 26.9. The van der Waals surface area contributed by atoms with Crippen molar-refractivity contribution in [1.82, 2.24) is 30.1 Å². The zero-order valence-corrected chi connectivity index (χ0v) is 22.7. The summed E-state index contributed by atoms with van der Waals surface area (Å²) in [5, 5.41) is 11.0. The van der Waals surface area contributed by atoms with Gasteiger partial charge in [-0.15, -0.1) is 5.10 Å². The number of aromatic nitrogens is 3. The van der Waals surface area contributed by atoms with Crippen molar-refractivity contribution in [1.29, 1.82) is 0 Å². The number of benzene rings is 2. The van der Waals surface area contributed by atoms with Crippen molar-refractivity contribution in [3.63, 3.8) is 0 Å². The van der Waals surface area contributed by atoms with Crippen molar-refractivity contribution in [2.75, 3.05) is 39.8 Å². The Labute approximate surface area is 232 Å². The maximum atomic E-state index is 15.1. The molecule has 2 aliphatic heterocycles. The van der Waals surface area contributed by atoms with Crippen LogP contribution in [0.25, 0.3) is 26.6 Å². The van der Waals surface area contributed by atoms with E-state index in [1.807, 2.05) is 6.07 Å². The molecule has 0 aliphatic carbocycles. The first-order valence-electron chi connectivity index (χ1n) is 13.6. The molecule has 0 saturated carbocycles. The van der Waals surface area contributed by atoms with Crippen LogP contribution in [-0.4, -0.2) is 71.4 Å². The molecule has 2 saturated heterocycles. The van der Waals surface area contributed by atoms with Crippen LogP contribution in [-0.2, 0) is 0 Å². The number of carbonyl (C=O) groups excluding carboxylic acids is 1. The van der Waals surface area contributed by atoms with E-state index in [1.165, 1.54) is 18.4 Å². The third-order valence-electron chi connectivity index (χ3n) is 7.68. The summed E-state index contributed by atoms with van der Waals surface area (Å²) < 4.78 is 36.4. The third-order valence-corrected chi connectivity index (χ3v) is 8.68. The van der Waals surface area contributed by atoms with Gasteiger partial charge in [0.2, 0.25) is 4.96 Å². The van der Waals surface area contributed by atoms with E-state index in [1.54, 1.807) is 28.8 Å². The molecule has 4 heterocycles. The van der Waals surface area contributed by atoms with Gasteiger partial charge in [0.15, 0.2) is 5.82 Å². The number of hydrogen-bond acceptors (Lipinski definition) is 7. The number of methoxy groups -OCH3 is 1. The smallest absolute Gasteiger partial charge is 0.255 e. The minimum Gasteiger partial charge on any atom is -0.496 e. The number of amides is 1. The lowest BCUT2D eigenvalue weighted by atomic mass is 10.0. The van der Waals surface area contributed by atoms with Gasteiger partial charge in [-0.1, -0.05) is 17.4 Å². The van der Waals surface area contributed by atoms with E-state index >= 15 is 4.39 Å². The molecule has 1 atom stereocenters. The van der Waals surface area contributed by atoms with Gasteiger partial charge < -0.3 is 20.3 Å². The highest BCUT2D eigenvalue weighted by atomic mass is 32.1. The topological polar surface area (TPSA) is 83.8 Å². The Hall–Kier alpha value is -3.15. The van der Waals surface area contributed by atoms with Crippen molar-refractivity contribution >= 4 is 32.4 Å². The van der Waals surface area contributed by atoms with E-state index in [0.29, 0.717) is 47.0 Å². The predicted molar refractivity (Wildman–Crippen MR) is 152 cm³/mol. The number of hydrogen-bond donors (Lipinski definition) is 2. The van der Waals surface area contributed by atoms with Crippen molar-refractivity contribution in [3.05, 3.63) is 47.3 Å². The van der Waals surface area contributed by atoms with Gasteiger partial charge in [-0.2, -0.15) is 4.98 Å². The maximum absolute atomic E-state index is 15.1. The Balaban J connectivity index is 0.00000194. The summed E-state index contributed by atoms with van der Waals surface area (Å²) in [4.78, 5) is 20.4. The van der Waals surface area contributed by atoms with Gasteiger partial charge in [0.1, 0.15) is 17.7 Å². The summed E-state index contributed by atoms with van der Waals surface area (Å²) in [7, 11) is 1.53. The number of halogens is 2. The van der Waals surface area contributed by atoms with E-state index in [4.69, 9.17) is 4.74 Å². The number of nitrogens with one attached hydrogen (secondary N) is 2. The number of likely N-dealkylation sites (tertiary alicyclic amines) is 1. The molecule has 6 rings (SSSR count). The van der Waals surface area contributed by atoms with Gasteiger partial charge in [-0.25, -0.2) is 13.3 Å². The summed E-state index contributed by atoms with van der Waals surface area (Å²) in [6.45, 7) is 3.85. The van der Waals surface area contributed by atoms with Gasteiger partial charge in [-0.05, 0) is 69.0 Å². The maximum Gasteiger partial charge on any atom is 0.255 e. The fourth-order valence-electron chi connectivity index (χ4n) is 5.50. The van der Waals surface area contributed by atoms with Crippen molar-refractivity contribution < 1.29 is 21.2 Å². The lowest BCUT2D eigenvalue weighted by Gasteiger charge is -2.28. The molecule has 2 fully saturated rings. The van der Waals surface area contributed by atoms with Crippen LogP contribution in [0.4, 0.5) is 8.78 Å². The highest BCUT2D eigenvalue weighted by Gasteiger charge is 2.22. The molecule has 0 bridgehead atoms. The molecular weight excluding hydrogens is 522 g/mol. The molecule has 8 nitrogen and oxygen atoms in total. The number of nitrogens with zero attached hydrogens (tertiary/aromatic N) is 4. The molecule has 4 aromatic rings. The number of carbonyl (C=O) groups is 1. The lowest BCUT2D eigenvalue weighted by molar-refractivity contribution is 0.0947. The van der Waals surface area contributed by atoms with E-state index in [9.17, 15) is 9.18 Å². The van der Waals surface area contributed by atoms with Crippen LogP contribution in [0.15, 0.2) is 30.3 Å². The van der Waals surface area contributed by atoms with Crippen molar-refractivity contribution in [3.8, 4) is 17.1 Å². The van der Waals surface area contributed by atoms with E-state index in [-0.39, 0.29) is 20.6 Å². The van der Waals surface area contributed by atoms with Gasteiger partial charge in [0.25, 0.3) is 5.91 Å². The monoisotopic (exact) mass is 558 g/mol. The van der Waals surface area contributed by atoms with Crippen LogP contribution in [0.3, 0.4) is 0 Å². The number of rotatable bonds is 8. The summed E-state index contributed by atoms with van der Waals surface area (Å²) in [5.74, 6) is 0.200. The largest absolute Gasteiger partial charge is 0.496 e. The Bertz CT molecular complexity index is 1500. The molecule has 2 aliphatic rings. The van der Waals surface area contributed by atoms with Crippen LogP contribution in [0.1, 0.15) is 56.9 Å². The number of piperidine rings is 1. The number of ether oxygens (including phenoxy) is 1. The Morgan fingerprint density at radius 2 is 2.10 bits per heavy atom. The van der Waals surface area contributed by atoms with Crippen molar-refractivity contribution in [2.45, 2.75) is 44.3 Å². The second-order valence-electron chi connectivity index (χ2n) is 10.3. The molecule has 39 heavy (non-hydrogen) atoms. The molecule has 11 heteroatoms. The predicted octanol–water partition coefficient (Wildman–Crippen LogP) is 5.23. The molecule has 210 valence electrons. The molecule has 0 radical (unpaired) electrons. The van der Waals surface area contributed by atoms with E-state index in [0.717, 1.165) is 61.2 Å². The first-order valence-corrected chi connectivity index (χ1v) is 14.4. The molecule has 2 N–H and O–H groups in total. The summed E-state index contributed by atoms with van der Waals surface area (Å²) in [6.07, 6.45) is 3.38. The van der Waals surface area contributed by atoms with Gasteiger partial charge in [0, 0.05) is 34.6 Å². The fourth-order valence-corrected chi connectivity index (χ4v) is 6.48. The van der Waals surface area contributed by atoms with E-state index in [2.05, 4.69) is 25.6 Å². The fraction of sp³-hybridized carbons (Fsp3) is 0.464. The van der Waals surface area contributed by atoms with Gasteiger partial charge >= 0.3 is 0 Å². The quantitative estimate of drug-likeness (QED) is 0.288. The first kappa shape index (κ1) is 26.1. The molecule has 2 aromatic heterocycles. The molecule has 0 spiro atoms. The van der Waals surface area contributed by atoms with Gasteiger partial charge in [0.05, 0.1) is 28.5 Å². The van der Waals surface area contributed by atoms with E-state index < -0.39 is 6.17 Å². The summed E-state index contributed by atoms with van der Waals surface area (Å²) in [5.41, 5.74) is 2.48. The van der Waals surface area contributed by atoms with Crippen LogP contribution in [0, 0.1) is 5.82 Å². The van der Waals surface area contributed by atoms with Crippen LogP contribution < -0.4 is 15.4 Å². The molecular formula is C28H36F2N6O2S. The second-order valence-corrected chi connectivity index (χ2v) is 11.3. The van der Waals surface area contributed by atoms with Crippen LogP contribution in [0.5, 0.6) is 5.75 Å². The Morgan fingerprint density at radius 1 is 1.26 bits per heavy atom. The highest BCUT2D eigenvalue weighted by molar-refractivity contribution is 7.23. The normalized spacial score (nSPS) is 18.8. The SMILES string of the molecule is COc1cc2c(cc1C(=O)NCCCN1CCC(F)CC1)sc1nc(-c3ccc(C4CCCN4)cc3F)nn12.[HH].[HH]. The number of thiazole rings is 1. The summed E-state index contributed by atoms with van der Waals surface area (Å²) >= 11 is 1.39. The average molecular weight is 559 g/mol. The minimum absolute atomic E-state index is 0. The van der Waals surface area contributed by atoms with Crippen LogP contribution in [0.2, 0.25) is 0 Å². The number of fused-ring (bicyclic) bond motifs is 3. The first-order chi connectivity index (χ1) is 19.0. The minimum atomic E-state index is -0.683. The standard InChI is InChI=1S/C28H32F2N6O2S.2H2/c1-38-24-16-23-25(15-20(24)27(37)32-10-3-11-35-12-7-18(29)8-13-35)39-28-33-26(34-36(23)28)19-6-5-17(14-21(19)30)22-4-2-9-31-22;;/h5-6,14-16,18,22,31H,2-4,7-13H2,1H3,(H,32,37);2*1H. The highest BCUT2D eigenvalue weighted by Crippen LogP contribution is 2.34. The summed E-state index contributed by atoms with van der Waals surface area (Å²) in [6, 6.07) is 9.02. The molecule has 1 amide bonds. The molecule has 2 aromatic carbocycles. The van der Waals surface area contributed by atoms with Gasteiger partial charge in [-0.3, -0.25) is 4.79 Å². The van der Waals surface area contributed by atoms with Crippen LogP contribution >= 0.6 is 11.3 Å². The lowest BCUT2D eigenvalue weighted by Crippen LogP contribution is -2.36.